The van der Waals surface area contributed by atoms with Crippen LogP contribution in [0.15, 0.2) is 48.5 Å². The first-order valence-electron chi connectivity index (χ1n) is 10.2. The molecule has 2 aliphatic heterocycles. The SMILES string of the molecule is O=C(Nc1ccc2c(c1)OCO2)c1nnc([C@@H]2CCCN2C(=O)COc2ccccc2)s1. The molecule has 2 aromatic carbocycles. The van der Waals surface area contributed by atoms with Gasteiger partial charge in [-0.2, -0.15) is 0 Å². The number of amides is 2. The summed E-state index contributed by atoms with van der Waals surface area (Å²) in [6.07, 6.45) is 1.63. The van der Waals surface area contributed by atoms with Crippen LogP contribution >= 0.6 is 11.3 Å². The highest BCUT2D eigenvalue weighted by molar-refractivity contribution is 7.13. The van der Waals surface area contributed by atoms with Gasteiger partial charge in [0.1, 0.15) is 10.8 Å². The van der Waals surface area contributed by atoms with Gasteiger partial charge in [0, 0.05) is 18.3 Å². The lowest BCUT2D eigenvalue weighted by molar-refractivity contribution is -0.134. The van der Waals surface area contributed by atoms with E-state index in [-0.39, 0.29) is 36.3 Å². The number of benzene rings is 2. The van der Waals surface area contributed by atoms with Crippen molar-refractivity contribution in [2.45, 2.75) is 18.9 Å². The van der Waals surface area contributed by atoms with E-state index in [1.807, 2.05) is 30.3 Å². The second kappa shape index (κ2) is 8.83. The molecule has 2 aliphatic rings. The summed E-state index contributed by atoms with van der Waals surface area (Å²) in [6.45, 7) is 0.746. The van der Waals surface area contributed by atoms with Gasteiger partial charge in [-0.25, -0.2) is 0 Å². The molecule has 9 nitrogen and oxygen atoms in total. The van der Waals surface area contributed by atoms with E-state index >= 15 is 0 Å². The van der Waals surface area contributed by atoms with Crippen LogP contribution in [0.1, 0.15) is 33.7 Å². The Morgan fingerprint density at radius 3 is 2.84 bits per heavy atom. The van der Waals surface area contributed by atoms with E-state index in [0.717, 1.165) is 12.8 Å². The molecule has 1 N–H and O–H groups in total. The quantitative estimate of drug-likeness (QED) is 0.612. The number of hydrogen-bond acceptors (Lipinski definition) is 8. The molecule has 1 saturated heterocycles. The topological polar surface area (TPSA) is 103 Å². The standard InChI is InChI=1S/C22H20N4O5S/c27-19(12-29-15-5-2-1-3-6-15)26-10-4-7-16(26)21-24-25-22(32-21)20(28)23-14-8-9-17-18(11-14)31-13-30-17/h1-3,5-6,8-9,11,16H,4,7,10,12-13H2,(H,23,28)/t16-/m0/s1. The molecule has 0 spiro atoms. The summed E-state index contributed by atoms with van der Waals surface area (Å²) in [5, 5.41) is 11.9. The Hall–Kier alpha value is -3.66. The minimum atomic E-state index is -0.365. The summed E-state index contributed by atoms with van der Waals surface area (Å²) >= 11 is 1.19. The van der Waals surface area contributed by atoms with Crippen molar-refractivity contribution in [3.05, 3.63) is 58.5 Å². The third-order valence-corrected chi connectivity index (χ3v) is 6.25. The number of carbonyl (C=O) groups is 2. The van der Waals surface area contributed by atoms with E-state index in [1.54, 1.807) is 23.1 Å². The minimum Gasteiger partial charge on any atom is -0.484 e. The van der Waals surface area contributed by atoms with Gasteiger partial charge in [-0.15, -0.1) is 10.2 Å². The molecular formula is C22H20N4O5S. The maximum absolute atomic E-state index is 12.7. The predicted octanol–water partition coefficient (Wildman–Crippen LogP) is 3.26. The average molecular weight is 452 g/mol. The van der Waals surface area contributed by atoms with Crippen molar-refractivity contribution in [3.63, 3.8) is 0 Å². The predicted molar refractivity (Wildman–Crippen MR) is 116 cm³/mol. The summed E-state index contributed by atoms with van der Waals surface area (Å²) in [6, 6.07) is 14.2. The van der Waals surface area contributed by atoms with Crippen LogP contribution in [0.2, 0.25) is 0 Å². The molecule has 5 rings (SSSR count). The van der Waals surface area contributed by atoms with E-state index in [1.165, 1.54) is 11.3 Å². The number of nitrogens with zero attached hydrogens (tertiary/aromatic N) is 3. The number of carbonyl (C=O) groups excluding carboxylic acids is 2. The van der Waals surface area contributed by atoms with Crippen LogP contribution < -0.4 is 19.5 Å². The van der Waals surface area contributed by atoms with E-state index < -0.39 is 0 Å². The monoisotopic (exact) mass is 452 g/mol. The van der Waals surface area contributed by atoms with E-state index in [2.05, 4.69) is 15.5 Å². The fourth-order valence-corrected chi connectivity index (χ4v) is 4.57. The smallest absolute Gasteiger partial charge is 0.286 e. The summed E-state index contributed by atoms with van der Waals surface area (Å²) in [7, 11) is 0. The van der Waals surface area contributed by atoms with Crippen molar-refractivity contribution in [1.82, 2.24) is 15.1 Å². The summed E-state index contributed by atoms with van der Waals surface area (Å²) < 4.78 is 16.2. The summed E-state index contributed by atoms with van der Waals surface area (Å²) in [5.74, 6) is 1.39. The summed E-state index contributed by atoms with van der Waals surface area (Å²) in [5.41, 5.74) is 0.576. The van der Waals surface area contributed by atoms with Crippen LogP contribution in [-0.4, -0.2) is 46.9 Å². The van der Waals surface area contributed by atoms with Gasteiger partial charge >= 0.3 is 0 Å². The average Bonchev–Trinajstić information content (AvgIpc) is 3.57. The van der Waals surface area contributed by atoms with Crippen LogP contribution in [0.5, 0.6) is 17.2 Å². The van der Waals surface area contributed by atoms with E-state index in [9.17, 15) is 9.59 Å². The van der Waals surface area contributed by atoms with Gasteiger partial charge in [-0.3, -0.25) is 9.59 Å². The number of likely N-dealkylation sites (tertiary alicyclic amines) is 1. The highest BCUT2D eigenvalue weighted by atomic mass is 32.1. The maximum atomic E-state index is 12.7. The van der Waals surface area contributed by atoms with Crippen molar-refractivity contribution < 1.29 is 23.8 Å². The minimum absolute atomic E-state index is 0.0449. The molecule has 0 saturated carbocycles. The highest BCUT2D eigenvalue weighted by Gasteiger charge is 2.33. The van der Waals surface area contributed by atoms with Gasteiger partial charge in [-0.1, -0.05) is 29.5 Å². The Balaban J connectivity index is 1.23. The summed E-state index contributed by atoms with van der Waals surface area (Å²) in [4.78, 5) is 27.1. The Morgan fingerprint density at radius 1 is 1.12 bits per heavy atom. The molecule has 3 heterocycles. The van der Waals surface area contributed by atoms with Crippen molar-refractivity contribution in [1.29, 1.82) is 0 Å². The molecule has 1 fully saturated rings. The molecule has 2 amide bonds. The number of fused-ring (bicyclic) bond motifs is 1. The molecule has 0 radical (unpaired) electrons. The van der Waals surface area contributed by atoms with Gasteiger partial charge in [0.2, 0.25) is 11.8 Å². The molecule has 1 aromatic heterocycles. The fraction of sp³-hybridized carbons (Fsp3) is 0.273. The van der Waals surface area contributed by atoms with Gasteiger partial charge < -0.3 is 24.4 Å². The number of anilines is 1. The Morgan fingerprint density at radius 2 is 1.97 bits per heavy atom. The van der Waals surface area contributed by atoms with Gasteiger partial charge in [-0.05, 0) is 37.1 Å². The number of ether oxygens (including phenoxy) is 3. The van der Waals surface area contributed by atoms with Crippen LogP contribution in [0, 0.1) is 0 Å². The molecule has 3 aromatic rings. The second-order valence-corrected chi connectivity index (χ2v) is 8.32. The lowest BCUT2D eigenvalue weighted by Gasteiger charge is -2.22. The molecule has 164 valence electrons. The van der Waals surface area contributed by atoms with Crippen LogP contribution in [0.4, 0.5) is 5.69 Å². The van der Waals surface area contributed by atoms with E-state index in [4.69, 9.17) is 14.2 Å². The number of nitrogens with one attached hydrogen (secondary N) is 1. The number of rotatable bonds is 6. The van der Waals surface area contributed by atoms with Crippen molar-refractivity contribution in [2.24, 2.45) is 0 Å². The van der Waals surface area contributed by atoms with Gasteiger partial charge in [0.05, 0.1) is 6.04 Å². The molecule has 0 unspecified atom stereocenters. The Kier molecular flexibility index (Phi) is 5.59. The zero-order valence-corrected chi connectivity index (χ0v) is 17.8. The number of aromatic nitrogens is 2. The van der Waals surface area contributed by atoms with Gasteiger partial charge in [0.25, 0.3) is 11.8 Å². The van der Waals surface area contributed by atoms with Crippen LogP contribution in [0.3, 0.4) is 0 Å². The Bertz CT molecular complexity index is 1140. The zero-order valence-electron chi connectivity index (χ0n) is 17.0. The van der Waals surface area contributed by atoms with Crippen molar-refractivity contribution in [2.75, 3.05) is 25.3 Å². The molecular weight excluding hydrogens is 432 g/mol. The highest BCUT2D eigenvalue weighted by Crippen LogP contribution is 2.35. The number of hydrogen-bond donors (Lipinski definition) is 1. The third-order valence-electron chi connectivity index (χ3n) is 5.23. The molecule has 32 heavy (non-hydrogen) atoms. The Labute approximate surface area is 187 Å². The lowest BCUT2D eigenvalue weighted by atomic mass is 10.2. The number of para-hydroxylation sites is 1. The van der Waals surface area contributed by atoms with E-state index in [0.29, 0.717) is 34.5 Å². The van der Waals surface area contributed by atoms with Gasteiger partial charge in [0.15, 0.2) is 18.1 Å². The maximum Gasteiger partial charge on any atom is 0.286 e. The molecule has 0 bridgehead atoms. The first-order chi connectivity index (χ1) is 15.7. The zero-order chi connectivity index (χ0) is 21.9. The van der Waals surface area contributed by atoms with Crippen LogP contribution in [-0.2, 0) is 4.79 Å². The first-order valence-corrected chi connectivity index (χ1v) is 11.0. The van der Waals surface area contributed by atoms with Crippen molar-refractivity contribution >= 4 is 28.8 Å². The fourth-order valence-electron chi connectivity index (χ4n) is 3.69. The lowest BCUT2D eigenvalue weighted by Crippen LogP contribution is -2.34. The largest absolute Gasteiger partial charge is 0.484 e. The third kappa shape index (κ3) is 4.22. The van der Waals surface area contributed by atoms with Crippen LogP contribution in [0.25, 0.3) is 0 Å². The first kappa shape index (κ1) is 20.3. The second-order valence-electron chi connectivity index (χ2n) is 7.31. The molecule has 0 aliphatic carbocycles. The molecule has 10 heteroatoms. The van der Waals surface area contributed by atoms with Crippen molar-refractivity contribution in [3.8, 4) is 17.2 Å². The molecule has 1 atom stereocenters. The normalized spacial score (nSPS) is 16.8.